The zero-order valence-electron chi connectivity index (χ0n) is 21.2. The fourth-order valence-corrected chi connectivity index (χ4v) is 6.01. The lowest BCUT2D eigenvalue weighted by molar-refractivity contribution is -0.659. The molecule has 0 fully saturated rings. The summed E-state index contributed by atoms with van der Waals surface area (Å²) in [6.07, 6.45) is 2.21. The van der Waals surface area contributed by atoms with Crippen LogP contribution in [-0.2, 0) is 12.5 Å². The molecule has 0 atom stereocenters. The quantitative estimate of drug-likeness (QED) is 0.182. The monoisotopic (exact) mass is 446 g/mol. The number of aryl methyl sites for hydroxylation is 2. The Kier molecular flexibility index (Phi) is 4.39. The minimum Gasteiger partial charge on any atom is -0.455 e. The van der Waals surface area contributed by atoms with Gasteiger partial charge in [-0.1, -0.05) is 77.1 Å². The van der Waals surface area contributed by atoms with E-state index in [0.717, 1.165) is 11.5 Å². The Morgan fingerprint density at radius 1 is 0.824 bits per heavy atom. The smallest absolute Gasteiger partial charge is 0.228 e. The highest BCUT2D eigenvalue weighted by Gasteiger charge is 2.36. The molecule has 1 aliphatic heterocycles. The Bertz CT molecular complexity index is 1650. The van der Waals surface area contributed by atoms with Crippen LogP contribution in [0.15, 0.2) is 60.8 Å². The van der Waals surface area contributed by atoms with Gasteiger partial charge in [0.05, 0.1) is 10.9 Å². The number of pyridine rings is 1. The number of fused-ring (bicyclic) bond motifs is 5. The van der Waals surface area contributed by atoms with Crippen LogP contribution in [0.2, 0.25) is 0 Å². The van der Waals surface area contributed by atoms with Gasteiger partial charge >= 0.3 is 0 Å². The molecule has 0 aliphatic carbocycles. The number of rotatable bonds is 1. The molecule has 4 aromatic carbocycles. The van der Waals surface area contributed by atoms with Gasteiger partial charge in [0.15, 0.2) is 6.20 Å². The molecule has 0 N–H and O–H groups in total. The van der Waals surface area contributed by atoms with Gasteiger partial charge < -0.3 is 4.74 Å². The molecule has 0 saturated heterocycles. The third-order valence-corrected chi connectivity index (χ3v) is 7.53. The van der Waals surface area contributed by atoms with Crippen molar-refractivity contribution >= 4 is 32.3 Å². The van der Waals surface area contributed by atoms with E-state index in [1.807, 2.05) is 0 Å². The van der Waals surface area contributed by atoms with Crippen molar-refractivity contribution in [3.63, 3.8) is 0 Å². The van der Waals surface area contributed by atoms with E-state index < -0.39 is 0 Å². The van der Waals surface area contributed by atoms with E-state index in [4.69, 9.17) is 4.74 Å². The van der Waals surface area contributed by atoms with Crippen LogP contribution >= 0.6 is 0 Å². The number of ether oxygens (including phenoxy) is 1. The molecule has 0 radical (unpaired) electrons. The third-order valence-electron chi connectivity index (χ3n) is 7.53. The van der Waals surface area contributed by atoms with Gasteiger partial charge in [0, 0.05) is 17.0 Å². The first kappa shape index (κ1) is 21.2. The number of aromatic nitrogens is 1. The van der Waals surface area contributed by atoms with E-state index in [9.17, 15) is 0 Å². The zero-order valence-corrected chi connectivity index (χ0v) is 21.2. The van der Waals surface area contributed by atoms with Crippen molar-refractivity contribution in [2.24, 2.45) is 7.05 Å². The van der Waals surface area contributed by atoms with Crippen molar-refractivity contribution in [1.82, 2.24) is 0 Å². The van der Waals surface area contributed by atoms with E-state index in [1.54, 1.807) is 0 Å². The second kappa shape index (κ2) is 7.06. The highest BCUT2D eigenvalue weighted by molar-refractivity contribution is 6.17. The van der Waals surface area contributed by atoms with Crippen LogP contribution in [0.1, 0.15) is 57.2 Å². The van der Waals surface area contributed by atoms with Gasteiger partial charge in [0.1, 0.15) is 18.5 Å². The van der Waals surface area contributed by atoms with Crippen molar-refractivity contribution in [3.8, 4) is 22.8 Å². The molecular weight excluding hydrogens is 414 g/mol. The first-order chi connectivity index (χ1) is 16.2. The summed E-state index contributed by atoms with van der Waals surface area (Å²) in [7, 11) is 2.16. The molecular formula is C32H32NO+. The minimum atomic E-state index is -0.0682. The summed E-state index contributed by atoms with van der Waals surface area (Å²) in [6, 6.07) is 20.0. The van der Waals surface area contributed by atoms with E-state index in [-0.39, 0.29) is 5.41 Å². The van der Waals surface area contributed by atoms with Crippen molar-refractivity contribution in [3.05, 3.63) is 77.5 Å². The summed E-state index contributed by atoms with van der Waals surface area (Å²) in [5.74, 6) is 2.43. The third kappa shape index (κ3) is 2.78. The molecule has 1 aliphatic rings. The predicted octanol–water partition coefficient (Wildman–Crippen LogP) is 8.47. The molecule has 170 valence electrons. The lowest BCUT2D eigenvalue weighted by Gasteiger charge is -2.30. The Labute approximate surface area is 201 Å². The van der Waals surface area contributed by atoms with E-state index in [2.05, 4.69) is 114 Å². The standard InChI is InChI=1S/C32H32NO/c1-18(2)20-13-10-14-22-23-15-16-33(7)30-27-19(3)21-11-8-9-12-24(21)29(32(4,5)6)31(27)34-26(28(23)30)17-25(20)22/h8-18H,1-7H3/q+1. The number of hydrogen-bond donors (Lipinski definition) is 0. The minimum absolute atomic E-state index is 0.0682. The van der Waals surface area contributed by atoms with Crippen LogP contribution < -0.4 is 9.30 Å². The van der Waals surface area contributed by atoms with E-state index in [1.165, 1.54) is 60.3 Å². The maximum absolute atomic E-state index is 6.98. The van der Waals surface area contributed by atoms with Crippen molar-refractivity contribution in [2.75, 3.05) is 0 Å². The van der Waals surface area contributed by atoms with Gasteiger partial charge in [-0.15, -0.1) is 0 Å². The van der Waals surface area contributed by atoms with Gasteiger partial charge in [-0.2, -0.15) is 0 Å². The van der Waals surface area contributed by atoms with Crippen LogP contribution in [-0.4, -0.2) is 0 Å². The topological polar surface area (TPSA) is 13.1 Å². The van der Waals surface area contributed by atoms with Crippen LogP contribution in [0, 0.1) is 6.92 Å². The van der Waals surface area contributed by atoms with E-state index in [0.29, 0.717) is 5.92 Å². The van der Waals surface area contributed by atoms with Crippen LogP contribution in [0.4, 0.5) is 0 Å². The Morgan fingerprint density at radius 2 is 1.53 bits per heavy atom. The zero-order chi connectivity index (χ0) is 23.9. The molecule has 34 heavy (non-hydrogen) atoms. The summed E-state index contributed by atoms with van der Waals surface area (Å²) in [6.45, 7) is 13.7. The average Bonchev–Trinajstić information content (AvgIpc) is 2.79. The van der Waals surface area contributed by atoms with Gasteiger partial charge in [-0.3, -0.25) is 0 Å². The molecule has 6 rings (SSSR count). The van der Waals surface area contributed by atoms with Crippen molar-refractivity contribution < 1.29 is 9.30 Å². The number of hydrogen-bond acceptors (Lipinski definition) is 1. The average molecular weight is 447 g/mol. The van der Waals surface area contributed by atoms with Crippen LogP contribution in [0.5, 0.6) is 11.5 Å². The van der Waals surface area contributed by atoms with Crippen molar-refractivity contribution in [1.29, 1.82) is 0 Å². The van der Waals surface area contributed by atoms with Gasteiger partial charge in [0.2, 0.25) is 5.69 Å². The van der Waals surface area contributed by atoms with Crippen LogP contribution in [0.25, 0.3) is 43.6 Å². The molecule has 0 amide bonds. The van der Waals surface area contributed by atoms with Gasteiger partial charge in [-0.25, -0.2) is 4.57 Å². The lowest BCUT2D eigenvalue weighted by Crippen LogP contribution is -2.32. The molecule has 2 heterocycles. The molecule has 0 saturated carbocycles. The summed E-state index contributed by atoms with van der Waals surface area (Å²) < 4.78 is 9.26. The summed E-state index contributed by atoms with van der Waals surface area (Å²) >= 11 is 0. The predicted molar refractivity (Wildman–Crippen MR) is 143 cm³/mol. The molecule has 2 nitrogen and oxygen atoms in total. The fraction of sp³-hybridized carbons (Fsp3) is 0.281. The maximum Gasteiger partial charge on any atom is 0.228 e. The van der Waals surface area contributed by atoms with Crippen LogP contribution in [0.3, 0.4) is 0 Å². The Balaban J connectivity index is 1.86. The molecule has 2 heteroatoms. The second-order valence-electron chi connectivity index (χ2n) is 11.1. The second-order valence-corrected chi connectivity index (χ2v) is 11.1. The van der Waals surface area contributed by atoms with E-state index >= 15 is 0 Å². The Morgan fingerprint density at radius 3 is 2.24 bits per heavy atom. The maximum atomic E-state index is 6.98. The summed E-state index contributed by atoms with van der Waals surface area (Å²) in [5, 5.41) is 7.65. The van der Waals surface area contributed by atoms with Gasteiger partial charge in [0.25, 0.3) is 0 Å². The van der Waals surface area contributed by atoms with Gasteiger partial charge in [-0.05, 0) is 57.0 Å². The fourth-order valence-electron chi connectivity index (χ4n) is 6.01. The molecule has 0 bridgehead atoms. The molecule has 0 unspecified atom stereocenters. The number of nitrogens with zero attached hydrogens (tertiary/aromatic N) is 1. The molecule has 1 aromatic heterocycles. The number of benzene rings is 4. The highest BCUT2D eigenvalue weighted by atomic mass is 16.5. The molecule has 0 spiro atoms. The Hall–Kier alpha value is -3.39. The lowest BCUT2D eigenvalue weighted by atomic mass is 9.78. The first-order valence-electron chi connectivity index (χ1n) is 12.3. The largest absolute Gasteiger partial charge is 0.455 e. The molecule has 5 aromatic rings. The summed E-state index contributed by atoms with van der Waals surface area (Å²) in [4.78, 5) is 0. The normalized spacial score (nSPS) is 13.1. The van der Waals surface area contributed by atoms with Crippen molar-refractivity contribution in [2.45, 2.75) is 52.9 Å². The summed E-state index contributed by atoms with van der Waals surface area (Å²) in [5.41, 5.74) is 6.34. The SMILES string of the molecule is Cc1c2c(c(C(C)(C)C)c3ccccc13)Oc1cc3c(C(C)C)cccc3c3cc[n+](C)c-2c13. The highest BCUT2D eigenvalue weighted by Crippen LogP contribution is 2.54. The first-order valence-corrected chi connectivity index (χ1v) is 12.3.